The van der Waals surface area contributed by atoms with Gasteiger partial charge in [0, 0.05) is 5.56 Å². The van der Waals surface area contributed by atoms with Crippen molar-refractivity contribution in [1.29, 1.82) is 0 Å². The number of phenols is 1. The Bertz CT molecular complexity index is 329. The number of unbranched alkanes of at least 4 members (excludes halogenated alkanes) is 1. The van der Waals surface area contributed by atoms with E-state index in [-0.39, 0.29) is 5.75 Å². The fourth-order valence-corrected chi connectivity index (χ4v) is 1.44. The van der Waals surface area contributed by atoms with E-state index in [1.54, 1.807) is 0 Å². The number of phenolic OH excluding ortho intramolecular Hbond substituents is 1. The van der Waals surface area contributed by atoms with Crippen LogP contribution in [0.3, 0.4) is 0 Å². The number of benzene rings is 1. The Balaban J connectivity index is 2.84. The van der Waals surface area contributed by atoms with Crippen molar-refractivity contribution in [2.24, 2.45) is 5.73 Å². The van der Waals surface area contributed by atoms with Gasteiger partial charge in [-0.25, -0.2) is 4.39 Å². The van der Waals surface area contributed by atoms with Gasteiger partial charge in [0.15, 0.2) is 11.5 Å². The summed E-state index contributed by atoms with van der Waals surface area (Å²) in [5.41, 5.74) is 5.65. The fourth-order valence-electron chi connectivity index (χ4n) is 1.44. The number of nitrogens with two attached hydrogens (primary N) is 1. The lowest BCUT2D eigenvalue weighted by Crippen LogP contribution is -2.00. The van der Waals surface area contributed by atoms with Gasteiger partial charge in [-0.05, 0) is 37.9 Å². The minimum absolute atomic E-state index is 0.102. The molecule has 0 saturated heterocycles. The maximum absolute atomic E-state index is 13.3. The summed E-state index contributed by atoms with van der Waals surface area (Å²) in [6, 6.07) is 2.72. The number of ether oxygens (including phenoxy) is 1. The van der Waals surface area contributed by atoms with Gasteiger partial charge in [-0.15, -0.1) is 0 Å². The number of hydrogen-bond donors (Lipinski definition) is 2. The predicted octanol–water partition coefficient (Wildman–Crippen LogP) is 1.82. The smallest absolute Gasteiger partial charge is 0.163 e. The molecule has 0 bridgehead atoms. The van der Waals surface area contributed by atoms with E-state index in [1.807, 2.05) is 0 Å². The minimum Gasteiger partial charge on any atom is -0.504 e. The third-order valence-corrected chi connectivity index (χ3v) is 2.29. The average Bonchev–Trinajstić information content (AvgIpc) is 2.23. The highest BCUT2D eigenvalue weighted by Crippen LogP contribution is 2.32. The van der Waals surface area contributed by atoms with Crippen LogP contribution in [0.4, 0.5) is 4.39 Å². The zero-order chi connectivity index (χ0) is 11.3. The SMILES string of the molecule is COc1ccc(F)c(CCCCN)c1O. The van der Waals surface area contributed by atoms with Crippen molar-refractivity contribution in [3.05, 3.63) is 23.5 Å². The van der Waals surface area contributed by atoms with Gasteiger partial charge in [0.05, 0.1) is 7.11 Å². The van der Waals surface area contributed by atoms with E-state index in [1.165, 1.54) is 19.2 Å². The van der Waals surface area contributed by atoms with Gasteiger partial charge in [-0.3, -0.25) is 0 Å². The van der Waals surface area contributed by atoms with Crippen molar-refractivity contribution in [2.75, 3.05) is 13.7 Å². The first-order chi connectivity index (χ1) is 7.20. The van der Waals surface area contributed by atoms with Crippen LogP contribution < -0.4 is 10.5 Å². The van der Waals surface area contributed by atoms with Crippen LogP contribution in [0.5, 0.6) is 11.5 Å². The molecule has 0 spiro atoms. The van der Waals surface area contributed by atoms with Crippen LogP contribution in [0.25, 0.3) is 0 Å². The summed E-state index contributed by atoms with van der Waals surface area (Å²) in [6.07, 6.45) is 2.05. The molecule has 3 N–H and O–H groups in total. The van der Waals surface area contributed by atoms with Gasteiger partial charge in [0.1, 0.15) is 5.82 Å². The number of methoxy groups -OCH3 is 1. The van der Waals surface area contributed by atoms with Gasteiger partial charge in [0.2, 0.25) is 0 Å². The first-order valence-electron chi connectivity index (χ1n) is 4.95. The van der Waals surface area contributed by atoms with E-state index in [4.69, 9.17) is 10.5 Å². The minimum atomic E-state index is -0.398. The van der Waals surface area contributed by atoms with E-state index in [2.05, 4.69) is 0 Å². The standard InChI is InChI=1S/C11H16FNO2/c1-15-10-6-5-9(12)8(11(10)14)4-2-3-7-13/h5-6,14H,2-4,7,13H2,1H3. The lowest BCUT2D eigenvalue weighted by Gasteiger charge is -2.09. The zero-order valence-corrected chi connectivity index (χ0v) is 8.79. The summed E-state index contributed by atoms with van der Waals surface area (Å²) < 4.78 is 18.3. The molecule has 3 nitrogen and oxygen atoms in total. The van der Waals surface area contributed by atoms with E-state index in [0.29, 0.717) is 24.3 Å². The molecule has 1 aromatic carbocycles. The molecule has 0 unspecified atom stereocenters. The molecule has 84 valence electrons. The Morgan fingerprint density at radius 1 is 1.40 bits per heavy atom. The molecule has 0 radical (unpaired) electrons. The van der Waals surface area contributed by atoms with E-state index in [9.17, 15) is 9.50 Å². The van der Waals surface area contributed by atoms with Gasteiger partial charge < -0.3 is 15.6 Å². The number of halogens is 1. The number of aromatic hydroxyl groups is 1. The molecule has 0 saturated carbocycles. The molecule has 0 fully saturated rings. The fraction of sp³-hybridized carbons (Fsp3) is 0.455. The number of rotatable bonds is 5. The summed E-state index contributed by atoms with van der Waals surface area (Å²) >= 11 is 0. The zero-order valence-electron chi connectivity index (χ0n) is 8.79. The molecule has 1 rings (SSSR count). The Kier molecular flexibility index (Phi) is 4.37. The van der Waals surface area contributed by atoms with Crippen molar-refractivity contribution < 1.29 is 14.2 Å². The van der Waals surface area contributed by atoms with Crippen LogP contribution in [0.15, 0.2) is 12.1 Å². The molecule has 0 aliphatic carbocycles. The second kappa shape index (κ2) is 5.56. The lowest BCUT2D eigenvalue weighted by atomic mass is 10.1. The maximum atomic E-state index is 13.3. The van der Waals surface area contributed by atoms with Crippen LogP contribution in [0.1, 0.15) is 18.4 Å². The van der Waals surface area contributed by atoms with Gasteiger partial charge >= 0.3 is 0 Å². The Morgan fingerprint density at radius 2 is 2.13 bits per heavy atom. The van der Waals surface area contributed by atoms with Crippen molar-refractivity contribution in [3.63, 3.8) is 0 Å². The average molecular weight is 213 g/mol. The highest BCUT2D eigenvalue weighted by Gasteiger charge is 2.12. The molecule has 1 aromatic rings. The highest BCUT2D eigenvalue weighted by molar-refractivity contribution is 5.46. The molecular formula is C11H16FNO2. The molecule has 0 atom stereocenters. The monoisotopic (exact) mass is 213 g/mol. The third-order valence-electron chi connectivity index (χ3n) is 2.29. The van der Waals surface area contributed by atoms with Gasteiger partial charge in [0.25, 0.3) is 0 Å². The van der Waals surface area contributed by atoms with Crippen LogP contribution >= 0.6 is 0 Å². The van der Waals surface area contributed by atoms with Crippen LogP contribution in [-0.2, 0) is 6.42 Å². The first kappa shape index (κ1) is 11.8. The Hall–Kier alpha value is -1.29. The lowest BCUT2D eigenvalue weighted by molar-refractivity contribution is 0.366. The molecule has 15 heavy (non-hydrogen) atoms. The summed E-state index contributed by atoms with van der Waals surface area (Å²) in [4.78, 5) is 0. The van der Waals surface area contributed by atoms with E-state index in [0.717, 1.165) is 12.8 Å². The van der Waals surface area contributed by atoms with Crippen LogP contribution in [0.2, 0.25) is 0 Å². The van der Waals surface area contributed by atoms with Gasteiger partial charge in [-0.1, -0.05) is 0 Å². The molecule has 0 aliphatic rings. The summed E-state index contributed by atoms with van der Waals surface area (Å²) in [7, 11) is 1.44. The quantitative estimate of drug-likeness (QED) is 0.733. The molecule has 0 amide bonds. The van der Waals surface area contributed by atoms with Crippen molar-refractivity contribution in [1.82, 2.24) is 0 Å². The highest BCUT2D eigenvalue weighted by atomic mass is 19.1. The summed E-state index contributed by atoms with van der Waals surface area (Å²) in [5.74, 6) is -0.195. The topological polar surface area (TPSA) is 55.5 Å². The first-order valence-corrected chi connectivity index (χ1v) is 4.95. The van der Waals surface area contributed by atoms with Crippen LogP contribution in [0, 0.1) is 5.82 Å². The Morgan fingerprint density at radius 3 is 2.73 bits per heavy atom. The molecule has 4 heteroatoms. The molecular weight excluding hydrogens is 197 g/mol. The predicted molar refractivity (Wildman–Crippen MR) is 56.6 cm³/mol. The van der Waals surface area contributed by atoms with Gasteiger partial charge in [-0.2, -0.15) is 0 Å². The molecule has 0 aromatic heterocycles. The van der Waals surface area contributed by atoms with Crippen molar-refractivity contribution in [2.45, 2.75) is 19.3 Å². The molecule has 0 aliphatic heterocycles. The number of hydrogen-bond acceptors (Lipinski definition) is 3. The maximum Gasteiger partial charge on any atom is 0.163 e. The van der Waals surface area contributed by atoms with Crippen LogP contribution in [-0.4, -0.2) is 18.8 Å². The third kappa shape index (κ3) is 2.83. The van der Waals surface area contributed by atoms with Crippen molar-refractivity contribution >= 4 is 0 Å². The van der Waals surface area contributed by atoms with E-state index < -0.39 is 5.82 Å². The van der Waals surface area contributed by atoms with E-state index >= 15 is 0 Å². The largest absolute Gasteiger partial charge is 0.504 e. The summed E-state index contributed by atoms with van der Waals surface area (Å²) in [6.45, 7) is 0.576. The second-order valence-corrected chi connectivity index (χ2v) is 3.32. The van der Waals surface area contributed by atoms with Crippen molar-refractivity contribution in [3.8, 4) is 11.5 Å². The Labute approximate surface area is 88.7 Å². The normalized spacial score (nSPS) is 10.3. The molecule has 0 heterocycles. The summed E-state index contributed by atoms with van der Waals surface area (Å²) in [5, 5.41) is 9.67. The second-order valence-electron chi connectivity index (χ2n) is 3.32.